The normalized spacial score (nSPS) is 11.0. The summed E-state index contributed by atoms with van der Waals surface area (Å²) in [5.74, 6) is 0.650. The molecule has 0 aliphatic heterocycles. The van der Waals surface area contributed by atoms with Gasteiger partial charge in [0.1, 0.15) is 5.76 Å². The van der Waals surface area contributed by atoms with Crippen molar-refractivity contribution >= 4 is 16.8 Å². The van der Waals surface area contributed by atoms with Crippen LogP contribution in [0.5, 0.6) is 0 Å². The van der Waals surface area contributed by atoms with Crippen molar-refractivity contribution in [2.24, 2.45) is 0 Å². The van der Waals surface area contributed by atoms with Crippen LogP contribution in [0, 0.1) is 6.92 Å². The van der Waals surface area contributed by atoms with E-state index in [2.05, 4.69) is 10.5 Å². The van der Waals surface area contributed by atoms with E-state index in [0.717, 1.165) is 35.1 Å². The molecular formula is C20H22N2O4. The monoisotopic (exact) mass is 354 g/mol. The molecule has 0 saturated heterocycles. The zero-order valence-corrected chi connectivity index (χ0v) is 14.7. The third kappa shape index (κ3) is 4.83. The minimum absolute atomic E-state index is 0.157. The van der Waals surface area contributed by atoms with E-state index in [1.165, 1.54) is 0 Å². The summed E-state index contributed by atoms with van der Waals surface area (Å²) in [5.41, 5.74) is 4.75. The summed E-state index contributed by atoms with van der Waals surface area (Å²) in [7, 11) is 0. The van der Waals surface area contributed by atoms with Crippen molar-refractivity contribution in [3.8, 4) is 0 Å². The quantitative estimate of drug-likeness (QED) is 0.481. The minimum Gasteiger partial charge on any atom is -0.469 e. The Morgan fingerprint density at radius 3 is 2.92 bits per heavy atom. The summed E-state index contributed by atoms with van der Waals surface area (Å²) >= 11 is 0. The molecule has 1 amide bonds. The van der Waals surface area contributed by atoms with E-state index in [1.54, 1.807) is 6.26 Å². The van der Waals surface area contributed by atoms with Gasteiger partial charge in [0.2, 0.25) is 5.91 Å². The second-order valence-electron chi connectivity index (χ2n) is 6.27. The summed E-state index contributed by atoms with van der Waals surface area (Å²) in [6.07, 6.45) is 3.69. The maximum absolute atomic E-state index is 12.1. The smallest absolute Gasteiger partial charge is 0.251 e. The van der Waals surface area contributed by atoms with Gasteiger partial charge in [0.05, 0.1) is 12.9 Å². The fourth-order valence-corrected chi connectivity index (χ4v) is 2.75. The van der Waals surface area contributed by atoms with Crippen molar-refractivity contribution in [3.63, 3.8) is 0 Å². The van der Waals surface area contributed by atoms with E-state index >= 15 is 0 Å². The molecule has 0 unspecified atom stereocenters. The molecule has 1 aromatic carbocycles. The van der Waals surface area contributed by atoms with Gasteiger partial charge in [0.25, 0.3) is 5.56 Å². The number of carbonyl (C=O) groups excluding carboxylic acids is 1. The number of fused-ring (bicyclic) bond motifs is 1. The molecule has 0 fully saturated rings. The van der Waals surface area contributed by atoms with Crippen LogP contribution < -0.4 is 11.0 Å². The van der Waals surface area contributed by atoms with E-state index < -0.39 is 0 Å². The number of furan rings is 1. The number of aromatic amines is 1. The Morgan fingerprint density at radius 1 is 1.23 bits per heavy atom. The molecule has 0 atom stereocenters. The average molecular weight is 354 g/mol. The number of carbonyl (C=O) groups is 1. The summed E-state index contributed by atoms with van der Waals surface area (Å²) in [4.78, 5) is 32.0. The van der Waals surface area contributed by atoms with Gasteiger partial charge in [-0.2, -0.15) is 0 Å². The maximum atomic E-state index is 12.1. The van der Waals surface area contributed by atoms with Gasteiger partial charge in [-0.3, -0.25) is 14.4 Å². The topological polar surface area (TPSA) is 84.3 Å². The van der Waals surface area contributed by atoms with Crippen molar-refractivity contribution < 1.29 is 14.0 Å². The summed E-state index contributed by atoms with van der Waals surface area (Å²) in [6, 6.07) is 11.5. The van der Waals surface area contributed by atoms with E-state index in [0.29, 0.717) is 18.6 Å². The first-order valence-electron chi connectivity index (χ1n) is 8.67. The first-order valence-corrected chi connectivity index (χ1v) is 8.67. The lowest BCUT2D eigenvalue weighted by Crippen LogP contribution is -2.25. The van der Waals surface area contributed by atoms with E-state index in [9.17, 15) is 9.59 Å². The van der Waals surface area contributed by atoms with Crippen LogP contribution in [0.2, 0.25) is 0 Å². The van der Waals surface area contributed by atoms with Crippen LogP contribution in [0.15, 0.2) is 51.9 Å². The SMILES string of the molecule is Cc1ccc2cc(CCC(=O)NOCCCc3ccco3)c(=O)[nH]c2c1. The van der Waals surface area contributed by atoms with E-state index in [4.69, 9.17) is 9.25 Å². The molecule has 2 heterocycles. The lowest BCUT2D eigenvalue weighted by molar-refractivity contribution is -0.133. The van der Waals surface area contributed by atoms with Crippen LogP contribution >= 0.6 is 0 Å². The Bertz CT molecular complexity index is 929. The van der Waals surface area contributed by atoms with Gasteiger partial charge in [0, 0.05) is 23.9 Å². The molecule has 0 bridgehead atoms. The number of hydrogen-bond donors (Lipinski definition) is 2. The summed E-state index contributed by atoms with van der Waals surface area (Å²) in [5, 5.41) is 0.958. The molecule has 3 rings (SSSR count). The van der Waals surface area contributed by atoms with Crippen LogP contribution in [-0.4, -0.2) is 17.5 Å². The third-order valence-corrected chi connectivity index (χ3v) is 4.14. The molecule has 2 aromatic heterocycles. The molecule has 3 aromatic rings. The van der Waals surface area contributed by atoms with Gasteiger partial charge >= 0.3 is 0 Å². The number of pyridine rings is 1. The number of amides is 1. The molecule has 6 heteroatoms. The molecule has 0 saturated carbocycles. The maximum Gasteiger partial charge on any atom is 0.251 e. The summed E-state index contributed by atoms with van der Waals surface area (Å²) < 4.78 is 5.22. The van der Waals surface area contributed by atoms with E-state index in [-0.39, 0.29) is 17.9 Å². The highest BCUT2D eigenvalue weighted by atomic mass is 16.6. The fraction of sp³-hybridized carbons (Fsp3) is 0.300. The number of rotatable bonds is 8. The molecule has 0 radical (unpaired) electrons. The number of aromatic nitrogens is 1. The molecular weight excluding hydrogens is 332 g/mol. The second kappa shape index (κ2) is 8.49. The lowest BCUT2D eigenvalue weighted by Gasteiger charge is -2.06. The van der Waals surface area contributed by atoms with Gasteiger partial charge in [-0.25, -0.2) is 5.48 Å². The van der Waals surface area contributed by atoms with Gasteiger partial charge in [-0.1, -0.05) is 12.1 Å². The highest BCUT2D eigenvalue weighted by molar-refractivity contribution is 5.80. The standard InChI is InChI=1S/C20H22N2O4/c1-14-6-7-15-13-16(20(24)21-18(15)12-14)8-9-19(23)22-26-11-3-5-17-4-2-10-25-17/h2,4,6-7,10,12-13H,3,5,8-9,11H2,1H3,(H,21,24)(H,22,23). The molecule has 6 nitrogen and oxygen atoms in total. The zero-order valence-electron chi connectivity index (χ0n) is 14.7. The van der Waals surface area contributed by atoms with Crippen LogP contribution in [0.25, 0.3) is 10.9 Å². The first-order chi connectivity index (χ1) is 12.6. The van der Waals surface area contributed by atoms with Crippen molar-refractivity contribution in [3.05, 3.63) is 69.9 Å². The molecule has 136 valence electrons. The third-order valence-electron chi connectivity index (χ3n) is 4.14. The molecule has 26 heavy (non-hydrogen) atoms. The summed E-state index contributed by atoms with van der Waals surface area (Å²) in [6.45, 7) is 2.38. The molecule has 0 aliphatic rings. The van der Waals surface area contributed by atoms with Gasteiger partial charge in [0.15, 0.2) is 0 Å². The number of aryl methyl sites for hydroxylation is 3. The number of hydroxylamine groups is 1. The fourth-order valence-electron chi connectivity index (χ4n) is 2.75. The highest BCUT2D eigenvalue weighted by Crippen LogP contribution is 2.13. The Kier molecular flexibility index (Phi) is 5.86. The van der Waals surface area contributed by atoms with Gasteiger partial charge < -0.3 is 9.40 Å². The Balaban J connectivity index is 1.44. The Labute approximate surface area is 151 Å². The zero-order chi connectivity index (χ0) is 18.4. The molecule has 0 spiro atoms. The van der Waals surface area contributed by atoms with Crippen molar-refractivity contribution in [1.82, 2.24) is 10.5 Å². The Morgan fingerprint density at radius 2 is 2.12 bits per heavy atom. The van der Waals surface area contributed by atoms with Gasteiger partial charge in [-0.05, 0) is 55.0 Å². The first kappa shape index (κ1) is 17.9. The number of nitrogens with one attached hydrogen (secondary N) is 2. The van der Waals surface area contributed by atoms with E-state index in [1.807, 2.05) is 43.3 Å². The molecule has 2 N–H and O–H groups in total. The van der Waals surface area contributed by atoms with Crippen LogP contribution in [-0.2, 0) is 22.5 Å². The largest absolute Gasteiger partial charge is 0.469 e. The van der Waals surface area contributed by atoms with Gasteiger partial charge in [-0.15, -0.1) is 0 Å². The van der Waals surface area contributed by atoms with Crippen molar-refractivity contribution in [2.45, 2.75) is 32.6 Å². The van der Waals surface area contributed by atoms with Crippen molar-refractivity contribution in [2.75, 3.05) is 6.61 Å². The Hall–Kier alpha value is -2.86. The predicted octanol–water partition coefficient (Wildman–Crippen LogP) is 3.04. The minimum atomic E-state index is -0.244. The lowest BCUT2D eigenvalue weighted by atomic mass is 10.1. The number of hydrogen-bond acceptors (Lipinski definition) is 4. The average Bonchev–Trinajstić information content (AvgIpc) is 3.13. The number of benzene rings is 1. The van der Waals surface area contributed by atoms with Crippen LogP contribution in [0.4, 0.5) is 0 Å². The van der Waals surface area contributed by atoms with Crippen LogP contribution in [0.1, 0.15) is 29.7 Å². The van der Waals surface area contributed by atoms with Crippen LogP contribution in [0.3, 0.4) is 0 Å². The molecule has 0 aliphatic carbocycles. The highest BCUT2D eigenvalue weighted by Gasteiger charge is 2.07. The van der Waals surface area contributed by atoms with Crippen molar-refractivity contribution in [1.29, 1.82) is 0 Å². The number of H-pyrrole nitrogens is 1. The predicted molar refractivity (Wildman–Crippen MR) is 98.8 cm³/mol. The second-order valence-corrected chi connectivity index (χ2v) is 6.27.